The predicted octanol–water partition coefficient (Wildman–Crippen LogP) is 2.51. The van der Waals surface area contributed by atoms with Crippen LogP contribution in [0.1, 0.15) is 38.4 Å². The highest BCUT2D eigenvalue weighted by atomic mass is 16.5. The van der Waals surface area contributed by atoms with Gasteiger partial charge in [-0.1, -0.05) is 30.3 Å². The largest absolute Gasteiger partial charge is 0.466 e. The first-order chi connectivity index (χ1) is 13.5. The molecule has 0 bridgehead atoms. The molecule has 0 unspecified atom stereocenters. The topological polar surface area (TPSA) is 77.8 Å². The quantitative estimate of drug-likeness (QED) is 0.587. The average Bonchev–Trinajstić information content (AvgIpc) is 3.01. The van der Waals surface area contributed by atoms with E-state index in [9.17, 15) is 14.4 Å². The van der Waals surface area contributed by atoms with Crippen LogP contribution in [0.25, 0.3) is 6.20 Å². The summed E-state index contributed by atoms with van der Waals surface area (Å²) in [5.74, 6) is -1.33. The summed E-state index contributed by atoms with van der Waals surface area (Å²) >= 11 is 0. The number of esters is 2. The number of benzene rings is 1. The summed E-state index contributed by atoms with van der Waals surface area (Å²) in [6.07, 6.45) is 5.60. The van der Waals surface area contributed by atoms with Crippen molar-refractivity contribution in [2.45, 2.75) is 19.4 Å². The zero-order chi connectivity index (χ0) is 20.1. The number of amides is 1. The van der Waals surface area contributed by atoms with Gasteiger partial charge in [-0.2, -0.15) is 0 Å². The van der Waals surface area contributed by atoms with Crippen LogP contribution in [0.4, 0.5) is 0 Å². The maximum atomic E-state index is 13.3. The van der Waals surface area contributed by atoms with E-state index in [0.29, 0.717) is 30.8 Å². The first kappa shape index (κ1) is 19.4. The number of carbonyl (C=O) groups excluding carboxylic acids is 3. The molecule has 2 aromatic rings. The summed E-state index contributed by atoms with van der Waals surface area (Å²) in [6.45, 7) is 1.03. The van der Waals surface area contributed by atoms with Crippen LogP contribution >= 0.6 is 0 Å². The molecule has 0 aliphatic carbocycles. The van der Waals surface area contributed by atoms with Gasteiger partial charge in [-0.15, -0.1) is 0 Å². The molecule has 1 aromatic heterocycles. The standard InChI is InChI=1S/C21H22N2O5/c1-27-18(24)10-12-22-14-16(21(26)28-2)19-17(22)9-6-11-23(20(19)25)13-15-7-4-3-5-8-15/h3-5,7-8,10,12,14H,6,9,11,13H2,1-2H3/b12-10+. The van der Waals surface area contributed by atoms with Crippen LogP contribution in [0.15, 0.2) is 42.6 Å². The summed E-state index contributed by atoms with van der Waals surface area (Å²) in [7, 11) is 2.56. The van der Waals surface area contributed by atoms with Crippen molar-refractivity contribution in [3.8, 4) is 0 Å². The van der Waals surface area contributed by atoms with E-state index in [1.54, 1.807) is 9.47 Å². The molecule has 28 heavy (non-hydrogen) atoms. The molecule has 1 aliphatic rings. The van der Waals surface area contributed by atoms with Gasteiger partial charge < -0.3 is 18.9 Å². The number of carbonyl (C=O) groups is 3. The Morgan fingerprint density at radius 3 is 2.57 bits per heavy atom. The molecule has 1 aromatic carbocycles. The predicted molar refractivity (Wildman–Crippen MR) is 103 cm³/mol. The molecule has 0 atom stereocenters. The maximum absolute atomic E-state index is 13.3. The number of aromatic nitrogens is 1. The van der Waals surface area contributed by atoms with E-state index in [0.717, 1.165) is 12.0 Å². The Hall–Kier alpha value is -3.35. The van der Waals surface area contributed by atoms with Crippen molar-refractivity contribution in [3.05, 3.63) is 65.0 Å². The SMILES string of the molecule is COC(=O)/C=C/n1cc(C(=O)OC)c2c1CCCN(Cc1ccccc1)C2=O. The van der Waals surface area contributed by atoms with Crippen LogP contribution in [-0.4, -0.2) is 48.1 Å². The van der Waals surface area contributed by atoms with Crippen molar-refractivity contribution in [1.82, 2.24) is 9.47 Å². The molecular weight excluding hydrogens is 360 g/mol. The molecule has 0 spiro atoms. The van der Waals surface area contributed by atoms with Crippen molar-refractivity contribution in [2.75, 3.05) is 20.8 Å². The van der Waals surface area contributed by atoms with E-state index in [-0.39, 0.29) is 11.5 Å². The zero-order valence-electron chi connectivity index (χ0n) is 15.9. The summed E-state index contributed by atoms with van der Waals surface area (Å²) in [6, 6.07) is 9.71. The van der Waals surface area contributed by atoms with Gasteiger partial charge >= 0.3 is 11.9 Å². The molecule has 0 radical (unpaired) electrons. The molecule has 0 saturated heterocycles. The first-order valence-corrected chi connectivity index (χ1v) is 8.96. The van der Waals surface area contributed by atoms with Gasteiger partial charge in [0.25, 0.3) is 5.91 Å². The van der Waals surface area contributed by atoms with Crippen LogP contribution in [0.2, 0.25) is 0 Å². The number of hydrogen-bond acceptors (Lipinski definition) is 5. The molecule has 2 heterocycles. The fraction of sp³-hybridized carbons (Fsp3) is 0.286. The molecular formula is C21H22N2O5. The minimum atomic E-state index is -0.587. The Bertz CT molecular complexity index is 914. The molecule has 1 aliphatic heterocycles. The number of rotatable bonds is 5. The number of hydrogen-bond donors (Lipinski definition) is 0. The van der Waals surface area contributed by atoms with Crippen LogP contribution in [0.5, 0.6) is 0 Å². The highest BCUT2D eigenvalue weighted by molar-refractivity contribution is 6.07. The lowest BCUT2D eigenvalue weighted by atomic mass is 10.1. The highest BCUT2D eigenvalue weighted by Gasteiger charge is 2.31. The second-order valence-corrected chi connectivity index (χ2v) is 6.42. The Kier molecular flexibility index (Phi) is 5.93. The van der Waals surface area contributed by atoms with E-state index >= 15 is 0 Å². The van der Waals surface area contributed by atoms with Gasteiger partial charge in [-0.05, 0) is 18.4 Å². The van der Waals surface area contributed by atoms with E-state index in [1.807, 2.05) is 30.3 Å². The second kappa shape index (κ2) is 8.56. The fourth-order valence-corrected chi connectivity index (χ4v) is 3.32. The van der Waals surface area contributed by atoms with Gasteiger partial charge in [-0.25, -0.2) is 9.59 Å². The molecule has 1 amide bonds. The first-order valence-electron chi connectivity index (χ1n) is 8.96. The lowest BCUT2D eigenvalue weighted by Gasteiger charge is -2.21. The van der Waals surface area contributed by atoms with Crippen LogP contribution in [-0.2, 0) is 27.2 Å². The smallest absolute Gasteiger partial charge is 0.340 e. The Morgan fingerprint density at radius 2 is 1.89 bits per heavy atom. The van der Waals surface area contributed by atoms with Crippen molar-refractivity contribution < 1.29 is 23.9 Å². The fourth-order valence-electron chi connectivity index (χ4n) is 3.32. The van der Waals surface area contributed by atoms with Crippen LogP contribution < -0.4 is 0 Å². The summed E-state index contributed by atoms with van der Waals surface area (Å²) in [5, 5.41) is 0. The van der Waals surface area contributed by atoms with Crippen LogP contribution in [0.3, 0.4) is 0 Å². The van der Waals surface area contributed by atoms with Crippen molar-refractivity contribution in [3.63, 3.8) is 0 Å². The molecule has 7 nitrogen and oxygen atoms in total. The van der Waals surface area contributed by atoms with Crippen molar-refractivity contribution >= 4 is 24.0 Å². The van der Waals surface area contributed by atoms with E-state index in [4.69, 9.17) is 4.74 Å². The third-order valence-electron chi connectivity index (χ3n) is 4.67. The monoisotopic (exact) mass is 382 g/mol. The zero-order valence-corrected chi connectivity index (χ0v) is 15.9. The minimum absolute atomic E-state index is 0.192. The molecule has 0 N–H and O–H groups in total. The van der Waals surface area contributed by atoms with Gasteiger partial charge in [-0.3, -0.25) is 4.79 Å². The van der Waals surface area contributed by atoms with Gasteiger partial charge in [0.1, 0.15) is 0 Å². The third kappa shape index (κ3) is 3.98. The van der Waals surface area contributed by atoms with Crippen LogP contribution in [0, 0.1) is 0 Å². The minimum Gasteiger partial charge on any atom is -0.466 e. The second-order valence-electron chi connectivity index (χ2n) is 6.42. The molecule has 7 heteroatoms. The Balaban J connectivity index is 2.01. The molecule has 3 rings (SSSR count). The Morgan fingerprint density at radius 1 is 1.14 bits per heavy atom. The van der Waals surface area contributed by atoms with Gasteiger partial charge in [0.15, 0.2) is 0 Å². The van der Waals surface area contributed by atoms with E-state index in [1.165, 1.54) is 32.7 Å². The molecule has 0 fully saturated rings. The molecule has 0 saturated carbocycles. The Labute approximate surface area is 163 Å². The number of methoxy groups -OCH3 is 2. The van der Waals surface area contributed by atoms with Gasteiger partial charge in [0.05, 0.1) is 25.3 Å². The lowest BCUT2D eigenvalue weighted by molar-refractivity contribution is -0.134. The van der Waals surface area contributed by atoms with Gasteiger partial charge in [0, 0.05) is 37.3 Å². The average molecular weight is 382 g/mol. The number of fused-ring (bicyclic) bond motifs is 1. The highest BCUT2D eigenvalue weighted by Crippen LogP contribution is 2.26. The molecule has 146 valence electrons. The summed E-state index contributed by atoms with van der Waals surface area (Å²) in [4.78, 5) is 38.8. The van der Waals surface area contributed by atoms with Crippen molar-refractivity contribution in [2.24, 2.45) is 0 Å². The van der Waals surface area contributed by atoms with Crippen molar-refractivity contribution in [1.29, 1.82) is 0 Å². The van der Waals surface area contributed by atoms with Gasteiger partial charge in [0.2, 0.25) is 0 Å². The third-order valence-corrected chi connectivity index (χ3v) is 4.67. The summed E-state index contributed by atoms with van der Waals surface area (Å²) < 4.78 is 11.1. The van der Waals surface area contributed by atoms with E-state index < -0.39 is 11.9 Å². The maximum Gasteiger partial charge on any atom is 0.340 e. The number of ether oxygens (including phenoxy) is 2. The normalized spacial score (nSPS) is 13.9. The van der Waals surface area contributed by atoms with E-state index in [2.05, 4.69) is 4.74 Å². The number of nitrogens with zero attached hydrogens (tertiary/aromatic N) is 2. The summed E-state index contributed by atoms with van der Waals surface area (Å²) in [5.41, 5.74) is 2.22. The lowest BCUT2D eigenvalue weighted by Crippen LogP contribution is -2.31.